The van der Waals surface area contributed by atoms with Gasteiger partial charge in [-0.2, -0.15) is 0 Å². The van der Waals surface area contributed by atoms with Crippen molar-refractivity contribution in [2.45, 2.75) is 65.2 Å². The van der Waals surface area contributed by atoms with E-state index in [0.29, 0.717) is 35.6 Å². The van der Waals surface area contributed by atoms with E-state index in [1.54, 1.807) is 48.5 Å². The number of carbonyl (C=O) groups is 4. The molecule has 0 aromatic heterocycles. The van der Waals surface area contributed by atoms with Gasteiger partial charge in [0.05, 0.1) is 0 Å². The lowest BCUT2D eigenvalue weighted by Crippen LogP contribution is -2.12. The molecule has 0 saturated heterocycles. The lowest BCUT2D eigenvalue weighted by molar-refractivity contribution is -0.117. The second-order valence-electron chi connectivity index (χ2n) is 8.24. The predicted octanol–water partition coefficient (Wildman–Crippen LogP) is 5.30. The fourth-order valence-corrected chi connectivity index (χ4v) is 3.48. The van der Waals surface area contributed by atoms with Gasteiger partial charge in [-0.15, -0.1) is 0 Å². The number of nitrogens with one attached hydrogen (secondary N) is 4. The van der Waals surface area contributed by atoms with Crippen molar-refractivity contribution in [1.29, 1.82) is 0 Å². The van der Waals surface area contributed by atoms with Crippen LogP contribution in [0, 0.1) is 0 Å². The van der Waals surface area contributed by atoms with E-state index in [2.05, 4.69) is 21.3 Å². The van der Waals surface area contributed by atoms with Crippen LogP contribution in [0.4, 0.5) is 22.7 Å². The molecule has 8 heteroatoms. The second-order valence-corrected chi connectivity index (χ2v) is 8.24. The lowest BCUT2D eigenvalue weighted by Gasteiger charge is -2.08. The number of hydrogen-bond donors (Lipinski definition) is 4. The van der Waals surface area contributed by atoms with Gasteiger partial charge >= 0.3 is 0 Å². The molecule has 0 aliphatic carbocycles. The van der Waals surface area contributed by atoms with Crippen LogP contribution in [0.5, 0.6) is 0 Å². The summed E-state index contributed by atoms with van der Waals surface area (Å²) in [6, 6.07) is 14.1. The molecular formula is C26H34N4O4. The van der Waals surface area contributed by atoms with Crippen molar-refractivity contribution >= 4 is 46.4 Å². The highest BCUT2D eigenvalue weighted by molar-refractivity contribution is 5.94. The molecule has 2 rings (SSSR count). The van der Waals surface area contributed by atoms with E-state index < -0.39 is 0 Å². The molecule has 0 radical (unpaired) electrons. The Kier molecular flexibility index (Phi) is 11.3. The van der Waals surface area contributed by atoms with Crippen molar-refractivity contribution in [3.05, 3.63) is 48.5 Å². The van der Waals surface area contributed by atoms with E-state index in [1.165, 1.54) is 13.8 Å². The van der Waals surface area contributed by atoms with Crippen LogP contribution in [-0.2, 0) is 19.2 Å². The van der Waals surface area contributed by atoms with E-state index in [4.69, 9.17) is 0 Å². The number of carbonyl (C=O) groups excluding carboxylic acids is 4. The minimum Gasteiger partial charge on any atom is -0.326 e. The number of hydrogen-bond acceptors (Lipinski definition) is 4. The van der Waals surface area contributed by atoms with E-state index in [9.17, 15) is 19.2 Å². The summed E-state index contributed by atoms with van der Waals surface area (Å²) in [6.45, 7) is 2.88. The summed E-state index contributed by atoms with van der Waals surface area (Å²) in [6.07, 6.45) is 6.47. The van der Waals surface area contributed by atoms with Gasteiger partial charge in [-0.25, -0.2) is 0 Å². The maximum atomic E-state index is 12.1. The van der Waals surface area contributed by atoms with Crippen molar-refractivity contribution < 1.29 is 19.2 Å². The van der Waals surface area contributed by atoms with Gasteiger partial charge in [0.25, 0.3) is 0 Å². The largest absolute Gasteiger partial charge is 0.326 e. The Hall–Kier alpha value is -3.68. The van der Waals surface area contributed by atoms with Crippen molar-refractivity contribution in [3.8, 4) is 0 Å². The third-order valence-electron chi connectivity index (χ3n) is 4.99. The number of amides is 4. The van der Waals surface area contributed by atoms with Crippen molar-refractivity contribution in [3.63, 3.8) is 0 Å². The van der Waals surface area contributed by atoms with Gasteiger partial charge in [-0.3, -0.25) is 19.2 Å². The predicted molar refractivity (Wildman–Crippen MR) is 136 cm³/mol. The second kappa shape index (κ2) is 14.5. The maximum absolute atomic E-state index is 12.1. The molecule has 0 spiro atoms. The highest BCUT2D eigenvalue weighted by Gasteiger charge is 2.06. The molecule has 4 amide bonds. The molecule has 0 aliphatic rings. The van der Waals surface area contributed by atoms with Crippen molar-refractivity contribution in [1.82, 2.24) is 0 Å². The van der Waals surface area contributed by atoms with Crippen LogP contribution in [0.15, 0.2) is 48.5 Å². The molecule has 0 fully saturated rings. The quantitative estimate of drug-likeness (QED) is 0.300. The Labute approximate surface area is 200 Å². The molecule has 0 unspecified atom stereocenters. The van der Waals surface area contributed by atoms with Crippen molar-refractivity contribution in [2.24, 2.45) is 0 Å². The summed E-state index contributed by atoms with van der Waals surface area (Å²) >= 11 is 0. The summed E-state index contributed by atoms with van der Waals surface area (Å²) in [5.41, 5.74) is 2.63. The van der Waals surface area contributed by atoms with E-state index in [0.717, 1.165) is 38.5 Å². The van der Waals surface area contributed by atoms with Crippen LogP contribution in [0.25, 0.3) is 0 Å². The summed E-state index contributed by atoms with van der Waals surface area (Å²) < 4.78 is 0. The molecule has 0 saturated carbocycles. The number of rotatable bonds is 13. The Morgan fingerprint density at radius 2 is 0.853 bits per heavy atom. The zero-order chi connectivity index (χ0) is 24.8. The summed E-state index contributed by atoms with van der Waals surface area (Å²) in [5, 5.41) is 11.1. The monoisotopic (exact) mass is 466 g/mol. The fraction of sp³-hybridized carbons (Fsp3) is 0.385. The number of benzene rings is 2. The van der Waals surface area contributed by atoms with E-state index in [-0.39, 0.29) is 23.6 Å². The molecule has 0 aliphatic heterocycles. The van der Waals surface area contributed by atoms with Crippen LogP contribution in [0.2, 0.25) is 0 Å². The average molecular weight is 467 g/mol. The summed E-state index contributed by atoms with van der Waals surface area (Å²) in [7, 11) is 0. The Balaban J connectivity index is 1.53. The third-order valence-corrected chi connectivity index (χ3v) is 4.99. The Morgan fingerprint density at radius 1 is 0.529 bits per heavy atom. The number of unbranched alkanes of at least 4 members (excludes halogenated alkanes) is 5. The molecule has 0 atom stereocenters. The average Bonchev–Trinajstić information content (AvgIpc) is 2.75. The van der Waals surface area contributed by atoms with Crippen LogP contribution in [0.1, 0.15) is 65.2 Å². The van der Waals surface area contributed by atoms with Gasteiger partial charge < -0.3 is 21.3 Å². The molecule has 2 aromatic carbocycles. The van der Waals surface area contributed by atoms with Gasteiger partial charge in [0, 0.05) is 49.4 Å². The maximum Gasteiger partial charge on any atom is 0.224 e. The molecule has 34 heavy (non-hydrogen) atoms. The van der Waals surface area contributed by atoms with Crippen LogP contribution in [-0.4, -0.2) is 23.6 Å². The topological polar surface area (TPSA) is 116 Å². The zero-order valence-electron chi connectivity index (χ0n) is 19.9. The Bertz CT molecular complexity index is 911. The standard InChI is InChI=1S/C26H34N4O4/c1-19(31)27-21-11-9-13-23(17-21)29-25(33)15-7-5-3-4-6-8-16-26(34)30-24-14-10-12-22(18-24)28-20(2)32/h9-14,17-18H,3-8,15-16H2,1-2H3,(H,27,31)(H,28,32)(H,29,33)(H,30,34). The Morgan fingerprint density at radius 3 is 1.21 bits per heavy atom. The lowest BCUT2D eigenvalue weighted by atomic mass is 10.1. The minimum absolute atomic E-state index is 0.0424. The summed E-state index contributed by atoms with van der Waals surface area (Å²) in [5.74, 6) is -0.395. The zero-order valence-corrected chi connectivity index (χ0v) is 19.9. The minimum atomic E-state index is -0.155. The van der Waals surface area contributed by atoms with Gasteiger partial charge in [0.1, 0.15) is 0 Å². The van der Waals surface area contributed by atoms with Crippen LogP contribution < -0.4 is 21.3 Å². The third kappa shape index (κ3) is 11.3. The van der Waals surface area contributed by atoms with Gasteiger partial charge in [-0.05, 0) is 49.2 Å². The first-order valence-corrected chi connectivity index (χ1v) is 11.7. The van der Waals surface area contributed by atoms with Crippen LogP contribution in [0.3, 0.4) is 0 Å². The SMILES string of the molecule is CC(=O)Nc1cccc(NC(=O)CCCCCCCCC(=O)Nc2cccc(NC(C)=O)c2)c1. The molecular weight excluding hydrogens is 432 g/mol. The van der Waals surface area contributed by atoms with E-state index >= 15 is 0 Å². The van der Waals surface area contributed by atoms with Gasteiger partial charge in [0.2, 0.25) is 23.6 Å². The van der Waals surface area contributed by atoms with Gasteiger partial charge in [-0.1, -0.05) is 37.8 Å². The molecule has 4 N–H and O–H groups in total. The number of anilines is 4. The first-order chi connectivity index (χ1) is 16.3. The smallest absolute Gasteiger partial charge is 0.224 e. The molecule has 8 nitrogen and oxygen atoms in total. The first-order valence-electron chi connectivity index (χ1n) is 11.7. The highest BCUT2D eigenvalue weighted by Crippen LogP contribution is 2.17. The molecule has 0 bridgehead atoms. The molecule has 182 valence electrons. The van der Waals surface area contributed by atoms with Crippen molar-refractivity contribution in [2.75, 3.05) is 21.3 Å². The van der Waals surface area contributed by atoms with E-state index in [1.807, 2.05) is 0 Å². The first kappa shape index (κ1) is 26.6. The van der Waals surface area contributed by atoms with Crippen LogP contribution >= 0.6 is 0 Å². The summed E-state index contributed by atoms with van der Waals surface area (Å²) in [4.78, 5) is 46.5. The highest BCUT2D eigenvalue weighted by atomic mass is 16.2. The fourth-order valence-electron chi connectivity index (χ4n) is 3.48. The normalized spacial score (nSPS) is 10.3. The van der Waals surface area contributed by atoms with Gasteiger partial charge in [0.15, 0.2) is 0 Å². The molecule has 2 aromatic rings. The molecule has 0 heterocycles.